The van der Waals surface area contributed by atoms with Gasteiger partial charge in [-0.25, -0.2) is 14.0 Å². The number of halogens is 1. The smallest absolute Gasteiger partial charge is 0.407 e. The fourth-order valence-corrected chi connectivity index (χ4v) is 4.11. The summed E-state index contributed by atoms with van der Waals surface area (Å²) >= 11 is 1.54. The van der Waals surface area contributed by atoms with E-state index in [1.54, 1.807) is 49.9 Å². The van der Waals surface area contributed by atoms with Gasteiger partial charge in [0.05, 0.1) is 24.0 Å². The van der Waals surface area contributed by atoms with Crippen molar-refractivity contribution in [2.24, 2.45) is 0 Å². The zero-order valence-electron chi connectivity index (χ0n) is 21.3. The van der Waals surface area contributed by atoms with Gasteiger partial charge >= 0.3 is 12.1 Å². The number of carbonyl (C=O) groups excluding carboxylic acids is 1. The quantitative estimate of drug-likeness (QED) is 0.367. The lowest BCUT2D eigenvalue weighted by Crippen LogP contribution is -2.32. The number of carboxylic acid groups (broad SMARTS) is 1. The molecule has 36 heavy (non-hydrogen) atoms. The molecule has 192 valence electrons. The van der Waals surface area contributed by atoms with Crippen molar-refractivity contribution in [1.82, 2.24) is 14.9 Å². The van der Waals surface area contributed by atoms with E-state index >= 15 is 0 Å². The Bertz CT molecular complexity index is 1310. The molecule has 0 aliphatic carbocycles. The van der Waals surface area contributed by atoms with Gasteiger partial charge in [-0.3, -0.25) is 4.98 Å². The minimum Gasteiger partial charge on any atom is -0.478 e. The molecule has 1 amide bonds. The minimum atomic E-state index is -1.04. The van der Waals surface area contributed by atoms with E-state index in [-0.39, 0.29) is 18.7 Å². The summed E-state index contributed by atoms with van der Waals surface area (Å²) in [5.74, 6) is -1.49. The molecule has 3 rings (SSSR count). The number of carboxylic acids is 1. The van der Waals surface area contributed by atoms with Crippen molar-refractivity contribution in [1.29, 1.82) is 0 Å². The van der Waals surface area contributed by atoms with E-state index in [0.29, 0.717) is 10.9 Å². The zero-order valence-corrected chi connectivity index (χ0v) is 22.1. The zero-order chi connectivity index (χ0) is 26.6. The number of carbonyl (C=O) groups is 2. The van der Waals surface area contributed by atoms with Gasteiger partial charge in [0, 0.05) is 53.8 Å². The van der Waals surface area contributed by atoms with Gasteiger partial charge in [-0.05, 0) is 58.0 Å². The number of hydrogen-bond donors (Lipinski definition) is 2. The van der Waals surface area contributed by atoms with Crippen molar-refractivity contribution in [2.45, 2.75) is 39.8 Å². The Kier molecular flexibility index (Phi) is 8.29. The van der Waals surface area contributed by atoms with E-state index in [2.05, 4.69) is 10.3 Å². The highest BCUT2D eigenvalue weighted by Gasteiger charge is 2.20. The van der Waals surface area contributed by atoms with Gasteiger partial charge in [-0.2, -0.15) is 0 Å². The summed E-state index contributed by atoms with van der Waals surface area (Å²) < 4.78 is 23.9. The fourth-order valence-electron chi connectivity index (χ4n) is 3.80. The molecule has 2 heterocycles. The van der Waals surface area contributed by atoms with Crippen LogP contribution in [0.4, 0.5) is 14.9 Å². The first-order chi connectivity index (χ1) is 16.9. The minimum absolute atomic E-state index is 0.0258. The number of aromatic carboxylic acids is 1. The molecule has 0 radical (unpaired) electrons. The van der Waals surface area contributed by atoms with Crippen molar-refractivity contribution < 1.29 is 23.8 Å². The molecule has 0 aliphatic rings. The van der Waals surface area contributed by atoms with Crippen LogP contribution in [0.25, 0.3) is 22.0 Å². The number of fused-ring (bicyclic) bond motifs is 1. The Hall–Kier alpha value is -3.53. The second kappa shape index (κ2) is 11.0. The number of hydrogen-bond acceptors (Lipinski definition) is 6. The molecule has 0 unspecified atom stereocenters. The van der Waals surface area contributed by atoms with Gasteiger partial charge in [0.1, 0.15) is 11.4 Å². The summed E-state index contributed by atoms with van der Waals surface area (Å²) in [6.07, 6.45) is 6.08. The average molecular weight is 515 g/mol. The lowest BCUT2D eigenvalue weighted by atomic mass is 10.0. The second-order valence-electron chi connectivity index (χ2n) is 9.23. The van der Waals surface area contributed by atoms with Gasteiger partial charge in [0.15, 0.2) is 0 Å². The average Bonchev–Trinajstić information content (AvgIpc) is 3.07. The highest BCUT2D eigenvalue weighted by molar-refractivity contribution is 7.99. The molecule has 3 aromatic rings. The molecule has 10 heteroatoms. The first-order valence-electron chi connectivity index (χ1n) is 11.3. The fraction of sp³-hybridized carbons (Fsp3) is 0.346. The topological polar surface area (TPSA) is 96.7 Å². The molecule has 0 saturated carbocycles. The van der Waals surface area contributed by atoms with E-state index < -0.39 is 23.5 Å². The number of rotatable bonds is 8. The molecule has 0 bridgehead atoms. The molecule has 2 N–H and O–H groups in total. The SMILES string of the molecule is CSN(C)c1cncc(-c2c(C)n(C/C(F)=C/CNC(=O)OC(C)(C)C)c3ccc(C(=O)O)cc23)c1. The maximum absolute atomic E-state index is 15.0. The standard InChI is InChI=1S/C26H31FN4O4S/c1-16-23(18-11-20(14-28-13-18)30(5)36-6)21-12-17(24(32)33)7-8-22(21)31(16)15-19(27)9-10-29-25(34)35-26(2,3)4/h7-9,11-14H,10,15H2,1-6H3,(H,29,34)(H,32,33)/b19-9-. The summed E-state index contributed by atoms with van der Waals surface area (Å²) in [4.78, 5) is 27.9. The lowest BCUT2D eigenvalue weighted by molar-refractivity contribution is 0.0533. The Labute approximate surface area is 214 Å². The number of anilines is 1. The molecule has 1 aromatic carbocycles. The van der Waals surface area contributed by atoms with Crippen LogP contribution in [0, 0.1) is 6.92 Å². The van der Waals surface area contributed by atoms with Crippen LogP contribution >= 0.6 is 11.9 Å². The van der Waals surface area contributed by atoms with Crippen LogP contribution in [0.2, 0.25) is 0 Å². The van der Waals surface area contributed by atoms with E-state index in [0.717, 1.165) is 22.5 Å². The van der Waals surface area contributed by atoms with E-state index in [1.165, 1.54) is 24.1 Å². The number of aromatic nitrogens is 2. The summed E-state index contributed by atoms with van der Waals surface area (Å²) in [5.41, 5.74) is 3.43. The first-order valence-corrected chi connectivity index (χ1v) is 12.5. The van der Waals surface area contributed by atoms with Crippen molar-refractivity contribution in [2.75, 3.05) is 24.2 Å². The molecule has 8 nitrogen and oxygen atoms in total. The van der Waals surface area contributed by atoms with Crippen LogP contribution in [0.15, 0.2) is 48.6 Å². The summed E-state index contributed by atoms with van der Waals surface area (Å²) in [6, 6.07) is 6.77. The van der Waals surface area contributed by atoms with Crippen LogP contribution in [-0.4, -0.2) is 52.2 Å². The number of nitrogens with one attached hydrogen (secondary N) is 1. The molecular weight excluding hydrogens is 483 g/mol. The predicted molar refractivity (Wildman–Crippen MR) is 142 cm³/mol. The molecular formula is C26H31FN4O4S. The van der Waals surface area contributed by atoms with Crippen molar-refractivity contribution >= 4 is 40.6 Å². The Balaban J connectivity index is 2.00. The third-order valence-corrected chi connectivity index (χ3v) is 6.26. The van der Waals surface area contributed by atoms with Crippen molar-refractivity contribution in [3.05, 3.63) is 59.8 Å². The molecule has 0 spiro atoms. The molecule has 0 saturated heterocycles. The van der Waals surface area contributed by atoms with Crippen molar-refractivity contribution in [3.8, 4) is 11.1 Å². The van der Waals surface area contributed by atoms with Crippen LogP contribution in [0.1, 0.15) is 36.8 Å². The second-order valence-corrected chi connectivity index (χ2v) is 10.1. The number of benzene rings is 1. The van der Waals surface area contributed by atoms with Crippen molar-refractivity contribution in [3.63, 3.8) is 0 Å². The Morgan fingerprint density at radius 2 is 2.00 bits per heavy atom. The van der Waals surface area contributed by atoms with Crippen LogP contribution in [0.5, 0.6) is 0 Å². The van der Waals surface area contributed by atoms with E-state index in [1.807, 2.05) is 30.6 Å². The Morgan fingerprint density at radius 1 is 1.28 bits per heavy atom. The normalized spacial score (nSPS) is 12.0. The summed E-state index contributed by atoms with van der Waals surface area (Å²) in [6.45, 7) is 7.01. The lowest BCUT2D eigenvalue weighted by Gasteiger charge is -2.19. The third kappa shape index (κ3) is 6.37. The van der Waals surface area contributed by atoms with Gasteiger partial charge in [-0.15, -0.1) is 0 Å². The highest BCUT2D eigenvalue weighted by atomic mass is 32.2. The number of amides is 1. The van der Waals surface area contributed by atoms with Crippen LogP contribution < -0.4 is 9.62 Å². The highest BCUT2D eigenvalue weighted by Crippen LogP contribution is 2.37. The largest absolute Gasteiger partial charge is 0.478 e. The molecule has 2 aromatic heterocycles. The summed E-state index contributed by atoms with van der Waals surface area (Å²) in [7, 11) is 1.93. The van der Waals surface area contributed by atoms with E-state index in [9.17, 15) is 19.1 Å². The number of pyridine rings is 1. The van der Waals surface area contributed by atoms with Gasteiger partial charge in [0.2, 0.25) is 0 Å². The van der Waals surface area contributed by atoms with Crippen LogP contribution in [0.3, 0.4) is 0 Å². The monoisotopic (exact) mass is 514 g/mol. The first kappa shape index (κ1) is 27.1. The molecule has 0 fully saturated rings. The number of ether oxygens (including phenoxy) is 1. The van der Waals surface area contributed by atoms with Crippen LogP contribution in [-0.2, 0) is 11.3 Å². The maximum atomic E-state index is 15.0. The summed E-state index contributed by atoms with van der Waals surface area (Å²) in [5, 5.41) is 12.8. The van der Waals surface area contributed by atoms with Gasteiger partial charge in [-0.1, -0.05) is 11.9 Å². The van der Waals surface area contributed by atoms with Gasteiger partial charge in [0.25, 0.3) is 0 Å². The Morgan fingerprint density at radius 3 is 2.64 bits per heavy atom. The molecule has 0 aliphatic heterocycles. The predicted octanol–water partition coefficient (Wildman–Crippen LogP) is 5.80. The van der Waals surface area contributed by atoms with Gasteiger partial charge < -0.3 is 24.0 Å². The maximum Gasteiger partial charge on any atom is 0.407 e. The number of allylic oxidation sites excluding steroid dienone is 1. The molecule has 0 atom stereocenters. The third-order valence-electron chi connectivity index (χ3n) is 5.50. The number of alkyl carbamates (subject to hydrolysis) is 1. The number of nitrogens with zero attached hydrogens (tertiary/aromatic N) is 3. The van der Waals surface area contributed by atoms with E-state index in [4.69, 9.17) is 4.74 Å².